The second-order valence-corrected chi connectivity index (χ2v) is 12.3. The van der Waals surface area contributed by atoms with E-state index < -0.39 is 6.04 Å². The lowest BCUT2D eigenvalue weighted by Crippen LogP contribution is -2.43. The molecule has 2 aliphatic heterocycles. The van der Waals surface area contributed by atoms with Crippen molar-refractivity contribution in [3.8, 4) is 5.75 Å². The van der Waals surface area contributed by atoms with E-state index in [-0.39, 0.29) is 11.5 Å². The highest BCUT2D eigenvalue weighted by atomic mass is 32.2. The number of methoxy groups -OCH3 is 1. The van der Waals surface area contributed by atoms with Gasteiger partial charge >= 0.3 is 0 Å². The Morgan fingerprint density at radius 2 is 1.74 bits per heavy atom. The fourth-order valence-corrected chi connectivity index (χ4v) is 7.91. The maximum atomic E-state index is 14.2. The lowest BCUT2D eigenvalue weighted by atomic mass is 9.94. The largest absolute Gasteiger partial charge is 0.496 e. The zero-order valence-corrected chi connectivity index (χ0v) is 25.9. The second kappa shape index (κ2) is 11.3. The van der Waals surface area contributed by atoms with Crippen LogP contribution in [0.4, 0.5) is 11.4 Å². The Kier molecular flexibility index (Phi) is 7.55. The van der Waals surface area contributed by atoms with Crippen LogP contribution in [0.15, 0.2) is 97.6 Å². The van der Waals surface area contributed by atoms with Crippen LogP contribution in [0.1, 0.15) is 37.9 Å². The van der Waals surface area contributed by atoms with Gasteiger partial charge < -0.3 is 14.5 Å². The maximum Gasteiger partial charge on any atom is 0.271 e. The molecule has 9 heteroatoms. The fourth-order valence-electron chi connectivity index (χ4n) is 5.66. The number of carbonyl (C=O) groups is 1. The van der Waals surface area contributed by atoms with Gasteiger partial charge in [-0.3, -0.25) is 14.2 Å². The molecule has 1 amide bonds. The average Bonchev–Trinajstić information content (AvgIpc) is 3.30. The first-order chi connectivity index (χ1) is 20.4. The van der Waals surface area contributed by atoms with Crippen LogP contribution in [0.5, 0.6) is 5.75 Å². The zero-order valence-electron chi connectivity index (χ0n) is 24.2. The maximum absolute atomic E-state index is 14.2. The van der Waals surface area contributed by atoms with Gasteiger partial charge in [-0.2, -0.15) is 0 Å². The predicted octanol–water partition coefficient (Wildman–Crippen LogP) is 5.34. The molecule has 0 unspecified atom stereocenters. The van der Waals surface area contributed by atoms with Crippen LogP contribution in [-0.4, -0.2) is 42.6 Å². The Balaban J connectivity index is 1.50. The summed E-state index contributed by atoms with van der Waals surface area (Å²) in [5.41, 5.74) is 4.92. The van der Waals surface area contributed by atoms with Gasteiger partial charge in [-0.05, 0) is 62.7 Å². The number of hydrogen-bond acceptors (Lipinski definition) is 7. The van der Waals surface area contributed by atoms with Gasteiger partial charge in [-0.15, -0.1) is 0 Å². The Hall–Kier alpha value is -4.08. The topological polar surface area (TPSA) is 67.1 Å². The molecule has 3 heterocycles. The van der Waals surface area contributed by atoms with Gasteiger partial charge in [0.2, 0.25) is 0 Å². The Bertz CT molecular complexity index is 1920. The van der Waals surface area contributed by atoms with E-state index in [4.69, 9.17) is 9.73 Å². The van der Waals surface area contributed by atoms with Gasteiger partial charge in [-0.25, -0.2) is 4.99 Å². The quantitative estimate of drug-likeness (QED) is 0.301. The number of hydrogen-bond donors (Lipinski definition) is 0. The van der Waals surface area contributed by atoms with E-state index in [0.29, 0.717) is 39.4 Å². The lowest BCUT2D eigenvalue weighted by molar-refractivity contribution is -0.127. The van der Waals surface area contributed by atoms with Crippen molar-refractivity contribution < 1.29 is 9.53 Å². The summed E-state index contributed by atoms with van der Waals surface area (Å²) in [6, 6.07) is 21.5. The normalized spacial score (nSPS) is 16.0. The van der Waals surface area contributed by atoms with Crippen molar-refractivity contribution in [2.45, 2.75) is 36.6 Å². The van der Waals surface area contributed by atoms with Crippen molar-refractivity contribution in [2.24, 2.45) is 4.99 Å². The molecule has 1 atom stereocenters. The highest BCUT2D eigenvalue weighted by molar-refractivity contribution is 7.99. The van der Waals surface area contributed by atoms with Crippen LogP contribution in [0, 0.1) is 0 Å². The predicted molar refractivity (Wildman–Crippen MR) is 170 cm³/mol. The molecule has 1 aromatic heterocycles. The molecule has 7 nitrogen and oxygen atoms in total. The molecule has 4 aromatic rings. The Morgan fingerprint density at radius 3 is 2.50 bits per heavy atom. The van der Waals surface area contributed by atoms with Crippen molar-refractivity contribution in [3.05, 3.63) is 109 Å². The smallest absolute Gasteiger partial charge is 0.271 e. The summed E-state index contributed by atoms with van der Waals surface area (Å²) < 4.78 is 7.94. The minimum atomic E-state index is -0.656. The number of aromatic nitrogens is 1. The molecule has 214 valence electrons. The number of fused-ring (bicyclic) bond motifs is 3. The van der Waals surface area contributed by atoms with Gasteiger partial charge in [0.05, 0.1) is 34.3 Å². The number of allylic oxidation sites excluding steroid dienone is 1. The number of benzene rings is 3. The molecule has 0 radical (unpaired) electrons. The van der Waals surface area contributed by atoms with Crippen LogP contribution in [0.25, 0.3) is 6.08 Å². The molecule has 0 aliphatic carbocycles. The first kappa shape index (κ1) is 28.1. The fraction of sp³-hybridized carbons (Fsp3) is 0.242. The molecule has 6 rings (SSSR count). The van der Waals surface area contributed by atoms with Gasteiger partial charge in [0.15, 0.2) is 4.80 Å². The molecule has 2 aliphatic rings. The third-order valence-corrected chi connectivity index (χ3v) is 9.92. The number of thiazole rings is 1. The standard InChI is InChI=1S/C33H32N4O3S2/c1-6-36(7-2)32(39)29-20(3)34-33-37(30(29)22-12-8-10-14-25(22)40-5)31(38)28(42-33)19-21-16-17-24-27(18-21)41-26-15-11-9-13-23(26)35(24)4/h8-19,30H,6-7H2,1-5H3/b28-19-/t30-/m1/s1. The van der Waals surface area contributed by atoms with Gasteiger partial charge in [0.1, 0.15) is 11.8 Å². The monoisotopic (exact) mass is 596 g/mol. The molecule has 3 aromatic carbocycles. The number of carbonyl (C=O) groups excluding carboxylic acids is 1. The SMILES string of the molecule is CCN(CC)C(=O)C1=C(C)N=c2s/c(=C\c3ccc4c(c3)Sc3ccccc3N4C)c(=O)n2[C@@H]1c1ccccc1OC. The van der Waals surface area contributed by atoms with Crippen LogP contribution in [0.3, 0.4) is 0 Å². The van der Waals surface area contributed by atoms with E-state index >= 15 is 0 Å². The van der Waals surface area contributed by atoms with E-state index in [1.807, 2.05) is 57.2 Å². The summed E-state index contributed by atoms with van der Waals surface area (Å²) in [6.45, 7) is 6.89. The van der Waals surface area contributed by atoms with E-state index in [9.17, 15) is 9.59 Å². The number of para-hydroxylation sites is 2. The molecular weight excluding hydrogens is 565 g/mol. The molecule has 0 saturated carbocycles. The number of nitrogens with zero attached hydrogens (tertiary/aromatic N) is 4. The van der Waals surface area contributed by atoms with E-state index in [2.05, 4.69) is 48.3 Å². The van der Waals surface area contributed by atoms with Crippen molar-refractivity contribution in [1.29, 1.82) is 0 Å². The van der Waals surface area contributed by atoms with Gasteiger partial charge in [-0.1, -0.05) is 59.5 Å². The third-order valence-electron chi connectivity index (χ3n) is 7.83. The van der Waals surface area contributed by atoms with Gasteiger partial charge in [0.25, 0.3) is 11.5 Å². The summed E-state index contributed by atoms with van der Waals surface area (Å²) in [4.78, 5) is 39.7. The number of rotatable bonds is 6. The summed E-state index contributed by atoms with van der Waals surface area (Å²) in [5, 5.41) is 0. The van der Waals surface area contributed by atoms with Crippen LogP contribution < -0.4 is 24.5 Å². The molecular formula is C33H32N4O3S2. The van der Waals surface area contributed by atoms with E-state index in [1.165, 1.54) is 21.9 Å². The first-order valence-electron chi connectivity index (χ1n) is 14.0. The van der Waals surface area contributed by atoms with E-state index in [0.717, 1.165) is 21.7 Å². The van der Waals surface area contributed by atoms with Crippen LogP contribution >= 0.6 is 23.1 Å². The van der Waals surface area contributed by atoms with Crippen LogP contribution in [0.2, 0.25) is 0 Å². The number of ether oxygens (including phenoxy) is 1. The molecule has 0 N–H and O–H groups in total. The molecule has 42 heavy (non-hydrogen) atoms. The van der Waals surface area contributed by atoms with Crippen LogP contribution in [-0.2, 0) is 4.79 Å². The van der Waals surface area contributed by atoms with Gasteiger partial charge in [0, 0.05) is 35.5 Å². The molecule has 0 saturated heterocycles. The first-order valence-corrected chi connectivity index (χ1v) is 15.6. The molecule has 0 spiro atoms. The summed E-state index contributed by atoms with van der Waals surface area (Å²) >= 11 is 3.08. The van der Waals surface area contributed by atoms with Crippen molar-refractivity contribution >= 4 is 46.5 Å². The lowest BCUT2D eigenvalue weighted by Gasteiger charge is -2.29. The van der Waals surface area contributed by atoms with Crippen molar-refractivity contribution in [1.82, 2.24) is 9.47 Å². The Labute approximate surface area is 253 Å². The zero-order chi connectivity index (χ0) is 29.5. The summed E-state index contributed by atoms with van der Waals surface area (Å²) in [6.07, 6.45) is 1.93. The molecule has 0 fully saturated rings. The second-order valence-electron chi connectivity index (χ2n) is 10.2. The molecule has 0 bridgehead atoms. The highest BCUT2D eigenvalue weighted by Gasteiger charge is 2.35. The summed E-state index contributed by atoms with van der Waals surface area (Å²) in [5.74, 6) is 0.496. The minimum Gasteiger partial charge on any atom is -0.496 e. The minimum absolute atomic E-state index is 0.123. The van der Waals surface area contributed by atoms with Crippen molar-refractivity contribution in [3.63, 3.8) is 0 Å². The third kappa shape index (κ3) is 4.66. The number of likely N-dealkylation sites (N-methyl/N-ethyl adjacent to an activating group) is 1. The number of anilines is 2. The summed E-state index contributed by atoms with van der Waals surface area (Å²) in [7, 11) is 3.68. The van der Waals surface area contributed by atoms with Crippen molar-refractivity contribution in [2.75, 3.05) is 32.1 Å². The highest BCUT2D eigenvalue weighted by Crippen LogP contribution is 2.47. The average molecular weight is 597 g/mol. The van der Waals surface area contributed by atoms with E-state index in [1.54, 1.807) is 28.3 Å². The Morgan fingerprint density at radius 1 is 1.02 bits per heavy atom. The number of amides is 1.